The Morgan fingerprint density at radius 2 is 1.59 bits per heavy atom. The van der Waals surface area contributed by atoms with E-state index in [4.69, 9.17) is 34.8 Å². The van der Waals surface area contributed by atoms with Gasteiger partial charge in [0, 0.05) is 34.1 Å². The number of nitrogens with one attached hydrogen (secondary N) is 1. The van der Waals surface area contributed by atoms with Crippen LogP contribution in [0.4, 0.5) is 5.69 Å². The lowest BCUT2D eigenvalue weighted by Crippen LogP contribution is -2.54. The Balaban J connectivity index is 2.12. The molecule has 0 aliphatic heterocycles. The summed E-state index contributed by atoms with van der Waals surface area (Å²) >= 11 is 18.8. The number of aryl methyl sites for hydroxylation is 1. The number of carbonyl (C=O) groups excluding carboxylic acids is 2. The number of anilines is 1. The zero-order valence-electron chi connectivity index (χ0n) is 23.4. The molecule has 11 heteroatoms. The van der Waals surface area contributed by atoms with Crippen LogP contribution in [0.1, 0.15) is 37.0 Å². The van der Waals surface area contributed by atoms with E-state index >= 15 is 0 Å². The van der Waals surface area contributed by atoms with Crippen molar-refractivity contribution in [1.82, 2.24) is 10.2 Å². The summed E-state index contributed by atoms with van der Waals surface area (Å²) < 4.78 is 27.0. The van der Waals surface area contributed by atoms with E-state index in [0.29, 0.717) is 32.6 Å². The molecule has 1 N–H and O–H groups in total. The molecule has 3 rings (SSSR count). The molecule has 3 aromatic rings. The van der Waals surface area contributed by atoms with E-state index in [9.17, 15) is 18.0 Å². The number of nitrogens with zero attached hydrogens (tertiary/aromatic N) is 2. The Morgan fingerprint density at radius 3 is 2.20 bits per heavy atom. The molecule has 2 atom stereocenters. The van der Waals surface area contributed by atoms with Gasteiger partial charge < -0.3 is 10.2 Å². The summed E-state index contributed by atoms with van der Waals surface area (Å²) in [6, 6.07) is 17.9. The standard InChI is InChI=1S/C30H34Cl3N3O4S/c1-5-21(3)34-30(38)28(15-22-9-7-6-8-10-22)35(18-23-12-14-24(31)16-26(23)33)29(37)19-36(41(4,39)40)27-17-25(32)13-11-20(27)2/h6-14,16-17,21,28H,5,15,18-19H2,1-4H3,(H,34,38)/t21-,28-/m1/s1. The number of hydrogen-bond donors (Lipinski definition) is 1. The topological polar surface area (TPSA) is 86.8 Å². The van der Waals surface area contributed by atoms with Crippen molar-refractivity contribution in [3.8, 4) is 0 Å². The monoisotopic (exact) mass is 637 g/mol. The number of benzene rings is 3. The summed E-state index contributed by atoms with van der Waals surface area (Å²) in [6.45, 7) is 4.97. The fourth-order valence-corrected chi connectivity index (χ4v) is 5.81. The fraction of sp³-hybridized carbons (Fsp3) is 0.333. The van der Waals surface area contributed by atoms with Crippen molar-refractivity contribution in [2.75, 3.05) is 17.1 Å². The maximum atomic E-state index is 14.2. The van der Waals surface area contributed by atoms with Crippen LogP contribution in [0, 0.1) is 6.92 Å². The SMILES string of the molecule is CC[C@@H](C)NC(=O)[C@@H](Cc1ccccc1)N(Cc1ccc(Cl)cc1Cl)C(=O)CN(c1cc(Cl)ccc1C)S(C)(=O)=O. The van der Waals surface area contributed by atoms with Gasteiger partial charge in [-0.25, -0.2) is 8.42 Å². The van der Waals surface area contributed by atoms with Gasteiger partial charge >= 0.3 is 0 Å². The molecule has 0 aliphatic rings. The van der Waals surface area contributed by atoms with Crippen molar-refractivity contribution >= 4 is 62.3 Å². The van der Waals surface area contributed by atoms with E-state index in [0.717, 1.165) is 16.1 Å². The van der Waals surface area contributed by atoms with Gasteiger partial charge in [0.1, 0.15) is 12.6 Å². The zero-order valence-corrected chi connectivity index (χ0v) is 26.5. The van der Waals surface area contributed by atoms with Crippen LogP contribution in [-0.4, -0.2) is 50.0 Å². The van der Waals surface area contributed by atoms with Crippen molar-refractivity contribution in [3.63, 3.8) is 0 Å². The molecule has 0 aromatic heterocycles. The van der Waals surface area contributed by atoms with Crippen molar-refractivity contribution < 1.29 is 18.0 Å². The lowest BCUT2D eigenvalue weighted by atomic mass is 10.0. The van der Waals surface area contributed by atoms with E-state index in [1.54, 1.807) is 37.3 Å². The highest BCUT2D eigenvalue weighted by molar-refractivity contribution is 7.92. The van der Waals surface area contributed by atoms with Crippen LogP contribution in [0.2, 0.25) is 15.1 Å². The van der Waals surface area contributed by atoms with Gasteiger partial charge in [-0.1, -0.05) is 84.2 Å². The Kier molecular flexibility index (Phi) is 11.5. The molecule has 2 amide bonds. The van der Waals surface area contributed by atoms with E-state index in [1.165, 1.54) is 11.0 Å². The molecule has 0 heterocycles. The summed E-state index contributed by atoms with van der Waals surface area (Å²) in [5, 5.41) is 4.06. The summed E-state index contributed by atoms with van der Waals surface area (Å²) in [5.74, 6) is -0.937. The molecular formula is C30H34Cl3N3O4S. The van der Waals surface area contributed by atoms with Crippen LogP contribution in [0.25, 0.3) is 0 Å². The van der Waals surface area contributed by atoms with Gasteiger partial charge in [-0.3, -0.25) is 13.9 Å². The molecule has 41 heavy (non-hydrogen) atoms. The maximum Gasteiger partial charge on any atom is 0.244 e. The van der Waals surface area contributed by atoms with Crippen molar-refractivity contribution in [1.29, 1.82) is 0 Å². The summed E-state index contributed by atoms with van der Waals surface area (Å²) in [4.78, 5) is 29.3. The van der Waals surface area contributed by atoms with Gasteiger partial charge in [-0.15, -0.1) is 0 Å². The second-order valence-corrected chi connectivity index (χ2v) is 13.2. The van der Waals surface area contributed by atoms with Crippen molar-refractivity contribution in [2.24, 2.45) is 0 Å². The third kappa shape index (κ3) is 9.10. The molecule has 0 bridgehead atoms. The molecule has 0 saturated carbocycles. The van der Waals surface area contributed by atoms with E-state index < -0.39 is 28.5 Å². The Bertz CT molecular complexity index is 1490. The maximum absolute atomic E-state index is 14.2. The van der Waals surface area contributed by atoms with Crippen LogP contribution in [0.3, 0.4) is 0 Å². The molecule has 0 spiro atoms. The quantitative estimate of drug-likeness (QED) is 0.253. The lowest BCUT2D eigenvalue weighted by Gasteiger charge is -2.34. The first-order valence-electron chi connectivity index (χ1n) is 13.1. The van der Waals surface area contributed by atoms with Gasteiger partial charge in [-0.05, 0) is 61.2 Å². The average Bonchev–Trinajstić information content (AvgIpc) is 2.91. The van der Waals surface area contributed by atoms with Gasteiger partial charge in [-0.2, -0.15) is 0 Å². The highest BCUT2D eigenvalue weighted by Gasteiger charge is 2.34. The predicted octanol–water partition coefficient (Wildman–Crippen LogP) is 6.28. The number of sulfonamides is 1. The lowest BCUT2D eigenvalue weighted by molar-refractivity contribution is -0.140. The second kappa shape index (κ2) is 14.4. The Labute approximate surface area is 257 Å². The highest BCUT2D eigenvalue weighted by Crippen LogP contribution is 2.28. The highest BCUT2D eigenvalue weighted by atomic mass is 35.5. The third-order valence-corrected chi connectivity index (χ3v) is 8.70. The first-order valence-corrected chi connectivity index (χ1v) is 16.1. The van der Waals surface area contributed by atoms with E-state index in [-0.39, 0.29) is 30.6 Å². The van der Waals surface area contributed by atoms with Crippen LogP contribution in [0.15, 0.2) is 66.7 Å². The van der Waals surface area contributed by atoms with Crippen LogP contribution < -0.4 is 9.62 Å². The largest absolute Gasteiger partial charge is 0.352 e. The van der Waals surface area contributed by atoms with Crippen LogP contribution in [0.5, 0.6) is 0 Å². The zero-order chi connectivity index (χ0) is 30.3. The van der Waals surface area contributed by atoms with Gasteiger partial charge in [0.25, 0.3) is 0 Å². The van der Waals surface area contributed by atoms with Crippen molar-refractivity contribution in [2.45, 2.75) is 52.2 Å². The molecule has 0 aliphatic carbocycles. The number of amides is 2. The second-order valence-electron chi connectivity index (χ2n) is 9.98. The van der Waals surface area contributed by atoms with Gasteiger partial charge in [0.2, 0.25) is 21.8 Å². The smallest absolute Gasteiger partial charge is 0.244 e. The van der Waals surface area contributed by atoms with Crippen molar-refractivity contribution in [3.05, 3.63) is 98.5 Å². The fourth-order valence-electron chi connectivity index (χ4n) is 4.27. The summed E-state index contributed by atoms with van der Waals surface area (Å²) in [6.07, 6.45) is 1.92. The molecule has 220 valence electrons. The minimum absolute atomic E-state index is 0.0492. The molecule has 0 saturated heterocycles. The predicted molar refractivity (Wildman–Crippen MR) is 167 cm³/mol. The van der Waals surface area contributed by atoms with Gasteiger partial charge in [0.15, 0.2) is 0 Å². The minimum atomic E-state index is -3.92. The molecular weight excluding hydrogens is 605 g/mol. The average molecular weight is 639 g/mol. The van der Waals surface area contributed by atoms with Crippen LogP contribution in [-0.2, 0) is 32.6 Å². The Morgan fingerprint density at radius 1 is 0.951 bits per heavy atom. The van der Waals surface area contributed by atoms with E-state index in [1.807, 2.05) is 44.2 Å². The number of rotatable bonds is 12. The number of halogens is 3. The van der Waals surface area contributed by atoms with Crippen LogP contribution >= 0.6 is 34.8 Å². The molecule has 0 unspecified atom stereocenters. The first-order chi connectivity index (χ1) is 19.3. The van der Waals surface area contributed by atoms with E-state index in [2.05, 4.69) is 5.32 Å². The normalized spacial score (nSPS) is 12.9. The summed E-state index contributed by atoms with van der Waals surface area (Å²) in [5.41, 5.74) is 2.29. The molecule has 0 fully saturated rings. The first kappa shape index (κ1) is 32.7. The van der Waals surface area contributed by atoms with Gasteiger partial charge in [0.05, 0.1) is 11.9 Å². The third-order valence-electron chi connectivity index (χ3n) is 6.75. The minimum Gasteiger partial charge on any atom is -0.352 e. The number of hydrogen-bond acceptors (Lipinski definition) is 4. The molecule has 7 nitrogen and oxygen atoms in total. The summed E-state index contributed by atoms with van der Waals surface area (Å²) in [7, 11) is -3.92. The molecule has 3 aromatic carbocycles. The number of carbonyl (C=O) groups is 2. The Hall–Kier alpha value is -2.78. The molecule has 0 radical (unpaired) electrons.